The monoisotopic (exact) mass is 840 g/mol. The third-order valence-corrected chi connectivity index (χ3v) is 13.6. The van der Waals surface area contributed by atoms with Gasteiger partial charge in [-0.15, -0.1) is 0 Å². The van der Waals surface area contributed by atoms with Crippen LogP contribution < -0.4 is 0 Å². The van der Waals surface area contributed by atoms with Crippen LogP contribution in [-0.2, 0) is 5.41 Å². The first-order chi connectivity index (χ1) is 32.7. The molecular weight excluding hydrogens is 801 g/mol. The molecule has 12 aromatic rings. The van der Waals surface area contributed by atoms with Gasteiger partial charge in [0, 0.05) is 27.5 Å². The molecule has 308 valence electrons. The molecule has 0 amide bonds. The van der Waals surface area contributed by atoms with Crippen LogP contribution in [0.15, 0.2) is 247 Å². The molecule has 0 aliphatic heterocycles. The van der Waals surface area contributed by atoms with Crippen LogP contribution in [0, 0.1) is 0 Å². The topological polar surface area (TPSA) is 38.9 Å². The van der Waals surface area contributed by atoms with Crippen molar-refractivity contribution in [2.45, 2.75) is 5.41 Å². The van der Waals surface area contributed by atoms with Gasteiger partial charge >= 0.3 is 0 Å². The van der Waals surface area contributed by atoms with Crippen LogP contribution in [0.1, 0.15) is 22.3 Å². The molecule has 2 heterocycles. The van der Waals surface area contributed by atoms with E-state index in [1.165, 1.54) is 50.1 Å². The first-order valence-corrected chi connectivity index (χ1v) is 22.6. The molecule has 1 aliphatic carbocycles. The molecule has 3 heteroatoms. The fourth-order valence-electron chi connectivity index (χ4n) is 10.7. The number of hydrogen-bond donors (Lipinski definition) is 0. The summed E-state index contributed by atoms with van der Waals surface area (Å²) in [5, 5.41) is 4.44. The first kappa shape index (κ1) is 37.9. The van der Waals surface area contributed by atoms with Gasteiger partial charge in [-0.3, -0.25) is 0 Å². The number of fused-ring (bicyclic) bond motifs is 7. The summed E-state index contributed by atoms with van der Waals surface area (Å²) in [5.41, 5.74) is 18.2. The largest absolute Gasteiger partial charge is 0.455 e. The fourth-order valence-corrected chi connectivity index (χ4v) is 10.7. The van der Waals surface area contributed by atoms with Crippen LogP contribution in [0.2, 0.25) is 0 Å². The molecule has 13 rings (SSSR count). The highest BCUT2D eigenvalue weighted by molar-refractivity contribution is 6.10. The van der Waals surface area contributed by atoms with Gasteiger partial charge in [-0.05, 0) is 96.7 Å². The minimum Gasteiger partial charge on any atom is -0.455 e. The van der Waals surface area contributed by atoms with E-state index >= 15 is 0 Å². The van der Waals surface area contributed by atoms with E-state index in [2.05, 4.69) is 212 Å². The van der Waals surface area contributed by atoms with Crippen molar-refractivity contribution >= 4 is 32.7 Å². The van der Waals surface area contributed by atoms with Crippen molar-refractivity contribution in [2.24, 2.45) is 0 Å². The maximum absolute atomic E-state index is 6.53. The lowest BCUT2D eigenvalue weighted by atomic mass is 9.67. The van der Waals surface area contributed by atoms with Crippen molar-refractivity contribution in [3.8, 4) is 67.3 Å². The van der Waals surface area contributed by atoms with Crippen molar-refractivity contribution in [1.29, 1.82) is 0 Å². The Labute approximate surface area is 383 Å². The molecule has 0 fully saturated rings. The SMILES string of the molecule is c1ccc(-c2nc(-c3ccc(-c4cccc(-c5ccc6c(c5)-c5ccccc5C6(c5ccccc5)c5ccccc5)c4)c4ccccc34)cc(-c3cccc4c3oc3ccccc34)n2)cc1. The van der Waals surface area contributed by atoms with E-state index in [9.17, 15) is 0 Å². The number of aromatic nitrogens is 2. The second kappa shape index (κ2) is 15.3. The average Bonchev–Trinajstić information content (AvgIpc) is 3.93. The van der Waals surface area contributed by atoms with Gasteiger partial charge in [0.05, 0.1) is 16.8 Å². The molecule has 2 aromatic heterocycles. The molecular formula is C63H40N2O. The Hall–Kier alpha value is -8.66. The molecule has 0 unspecified atom stereocenters. The quantitative estimate of drug-likeness (QED) is 0.160. The lowest BCUT2D eigenvalue weighted by molar-refractivity contribution is 0.670. The summed E-state index contributed by atoms with van der Waals surface area (Å²) in [6.07, 6.45) is 0. The smallest absolute Gasteiger partial charge is 0.160 e. The maximum atomic E-state index is 6.53. The minimum absolute atomic E-state index is 0.428. The zero-order valence-corrected chi connectivity index (χ0v) is 35.9. The van der Waals surface area contributed by atoms with Crippen molar-refractivity contribution < 1.29 is 4.42 Å². The van der Waals surface area contributed by atoms with E-state index in [1.807, 2.05) is 30.3 Å². The van der Waals surface area contributed by atoms with Gasteiger partial charge in [-0.2, -0.15) is 0 Å². The average molecular weight is 841 g/mol. The molecule has 0 spiro atoms. The Balaban J connectivity index is 0.938. The van der Waals surface area contributed by atoms with Crippen LogP contribution in [-0.4, -0.2) is 9.97 Å². The molecule has 66 heavy (non-hydrogen) atoms. The lowest BCUT2D eigenvalue weighted by Crippen LogP contribution is -2.28. The van der Waals surface area contributed by atoms with E-state index in [1.54, 1.807) is 0 Å². The normalized spacial score (nSPS) is 12.7. The van der Waals surface area contributed by atoms with Gasteiger partial charge < -0.3 is 4.42 Å². The Morgan fingerprint density at radius 1 is 0.303 bits per heavy atom. The zero-order chi connectivity index (χ0) is 43.6. The standard InChI is InChI=1S/C63H40N2O/c1-4-18-41(19-5-1)62-64-58(40-59(65-62)54-31-17-30-53-52-29-13-15-33-60(52)66-61(53)54)51-36-35-47(48-26-10-11-27-49(48)51)44-21-16-20-42(38-44)43-34-37-57-55(39-43)50-28-12-14-32-56(50)63(57,45-22-6-2-7-23-45)46-24-8-3-9-25-46/h1-40H. The maximum Gasteiger partial charge on any atom is 0.160 e. The van der Waals surface area contributed by atoms with Gasteiger partial charge in [-0.25, -0.2) is 9.97 Å². The third kappa shape index (κ3) is 5.91. The Morgan fingerprint density at radius 2 is 0.833 bits per heavy atom. The molecule has 0 N–H and O–H groups in total. The first-order valence-electron chi connectivity index (χ1n) is 22.6. The van der Waals surface area contributed by atoms with Crippen molar-refractivity contribution in [3.63, 3.8) is 0 Å². The van der Waals surface area contributed by atoms with E-state index in [-0.39, 0.29) is 0 Å². The third-order valence-electron chi connectivity index (χ3n) is 13.6. The molecule has 0 radical (unpaired) electrons. The van der Waals surface area contributed by atoms with Crippen molar-refractivity contribution in [2.75, 3.05) is 0 Å². The predicted molar refractivity (Wildman–Crippen MR) is 271 cm³/mol. The van der Waals surface area contributed by atoms with E-state index in [0.717, 1.165) is 66.4 Å². The molecule has 1 aliphatic rings. The summed E-state index contributed by atoms with van der Waals surface area (Å²) in [4.78, 5) is 10.5. The molecule has 0 atom stereocenters. The zero-order valence-electron chi connectivity index (χ0n) is 35.9. The number of rotatable bonds is 7. The summed E-state index contributed by atoms with van der Waals surface area (Å²) in [6, 6.07) is 87.1. The minimum atomic E-state index is -0.428. The van der Waals surface area contributed by atoms with Crippen LogP contribution in [0.3, 0.4) is 0 Å². The van der Waals surface area contributed by atoms with Crippen molar-refractivity contribution in [1.82, 2.24) is 9.97 Å². The molecule has 0 saturated carbocycles. The van der Waals surface area contributed by atoms with E-state index < -0.39 is 5.41 Å². The highest BCUT2D eigenvalue weighted by atomic mass is 16.3. The summed E-state index contributed by atoms with van der Waals surface area (Å²) >= 11 is 0. The number of furan rings is 1. The van der Waals surface area contributed by atoms with Gasteiger partial charge in [0.1, 0.15) is 11.2 Å². The lowest BCUT2D eigenvalue weighted by Gasteiger charge is -2.33. The highest BCUT2D eigenvalue weighted by Crippen LogP contribution is 2.56. The van der Waals surface area contributed by atoms with Gasteiger partial charge in [0.15, 0.2) is 5.82 Å². The molecule has 0 bridgehead atoms. The molecule has 10 aromatic carbocycles. The predicted octanol–water partition coefficient (Wildman–Crippen LogP) is 16.2. The number of nitrogens with zero attached hydrogens (tertiary/aromatic N) is 2. The van der Waals surface area contributed by atoms with Crippen molar-refractivity contribution in [3.05, 3.63) is 265 Å². The Kier molecular flexibility index (Phi) is 8.75. The van der Waals surface area contributed by atoms with Crippen LogP contribution >= 0.6 is 0 Å². The van der Waals surface area contributed by atoms with E-state index in [4.69, 9.17) is 14.4 Å². The number of benzene rings is 10. The fraction of sp³-hybridized carbons (Fsp3) is 0.0159. The summed E-state index contributed by atoms with van der Waals surface area (Å²) < 4.78 is 6.53. The Bertz CT molecular complexity index is 3780. The van der Waals surface area contributed by atoms with Gasteiger partial charge in [-0.1, -0.05) is 212 Å². The summed E-state index contributed by atoms with van der Waals surface area (Å²) in [6.45, 7) is 0. The summed E-state index contributed by atoms with van der Waals surface area (Å²) in [5.74, 6) is 0.666. The number of hydrogen-bond acceptors (Lipinski definition) is 3. The second-order valence-electron chi connectivity index (χ2n) is 17.2. The van der Waals surface area contributed by atoms with Crippen LogP contribution in [0.25, 0.3) is 100.0 Å². The molecule has 0 saturated heterocycles. The molecule has 3 nitrogen and oxygen atoms in total. The second-order valence-corrected chi connectivity index (χ2v) is 17.2. The highest BCUT2D eigenvalue weighted by Gasteiger charge is 2.46. The van der Waals surface area contributed by atoms with Gasteiger partial charge in [0.25, 0.3) is 0 Å². The van der Waals surface area contributed by atoms with Crippen LogP contribution in [0.4, 0.5) is 0 Å². The van der Waals surface area contributed by atoms with E-state index in [0.29, 0.717) is 5.82 Å². The number of para-hydroxylation sites is 2. The summed E-state index contributed by atoms with van der Waals surface area (Å²) in [7, 11) is 0. The van der Waals surface area contributed by atoms with Gasteiger partial charge in [0.2, 0.25) is 0 Å². The Morgan fingerprint density at radius 3 is 1.61 bits per heavy atom. The van der Waals surface area contributed by atoms with Crippen LogP contribution in [0.5, 0.6) is 0 Å².